The first kappa shape index (κ1) is 10.1. The molecule has 4 rings (SSSR count). The van der Waals surface area contributed by atoms with E-state index in [1.165, 1.54) is 38.5 Å². The van der Waals surface area contributed by atoms with Crippen LogP contribution in [0.4, 0.5) is 0 Å². The molecule has 17 heavy (non-hydrogen) atoms. The Morgan fingerprint density at radius 3 is 2.47 bits per heavy atom. The van der Waals surface area contributed by atoms with Gasteiger partial charge in [-0.2, -0.15) is 4.98 Å². The molecule has 0 amide bonds. The van der Waals surface area contributed by atoms with E-state index in [0.29, 0.717) is 11.8 Å². The summed E-state index contributed by atoms with van der Waals surface area (Å²) in [5, 5.41) is 4.09. The van der Waals surface area contributed by atoms with Gasteiger partial charge in [-0.25, -0.2) is 0 Å². The fraction of sp³-hybridized carbons (Fsp3) is 0.846. The number of aromatic nitrogens is 2. The lowest BCUT2D eigenvalue weighted by Gasteiger charge is -2.04. The Bertz CT molecular complexity index is 414. The quantitative estimate of drug-likeness (QED) is 0.870. The second kappa shape index (κ2) is 3.55. The molecule has 4 heteroatoms. The highest BCUT2D eigenvalue weighted by Gasteiger charge is 2.54. The summed E-state index contributed by atoms with van der Waals surface area (Å²) in [6.45, 7) is 0. The van der Waals surface area contributed by atoms with Crippen molar-refractivity contribution in [2.75, 3.05) is 0 Å². The third-order valence-electron chi connectivity index (χ3n) is 4.83. The van der Waals surface area contributed by atoms with E-state index in [0.717, 1.165) is 23.6 Å². The summed E-state index contributed by atoms with van der Waals surface area (Å²) in [5.74, 6) is 4.43. The van der Waals surface area contributed by atoms with Crippen LogP contribution in [-0.4, -0.2) is 10.1 Å². The lowest BCUT2D eigenvalue weighted by Crippen LogP contribution is -2.14. The van der Waals surface area contributed by atoms with E-state index < -0.39 is 0 Å². The van der Waals surface area contributed by atoms with Gasteiger partial charge < -0.3 is 10.3 Å². The highest BCUT2D eigenvalue weighted by molar-refractivity contribution is 5.15. The minimum absolute atomic E-state index is 0.00766. The molecule has 92 valence electrons. The van der Waals surface area contributed by atoms with Gasteiger partial charge in [-0.1, -0.05) is 18.0 Å². The average molecular weight is 233 g/mol. The summed E-state index contributed by atoms with van der Waals surface area (Å²) in [6.07, 6.45) is 7.89. The Kier molecular flexibility index (Phi) is 2.10. The Morgan fingerprint density at radius 2 is 1.82 bits per heavy atom. The van der Waals surface area contributed by atoms with Gasteiger partial charge in [0, 0.05) is 5.92 Å². The molecule has 3 fully saturated rings. The van der Waals surface area contributed by atoms with Crippen molar-refractivity contribution in [2.45, 2.75) is 50.5 Å². The molecule has 3 saturated carbocycles. The van der Waals surface area contributed by atoms with Crippen molar-refractivity contribution in [3.05, 3.63) is 11.7 Å². The minimum Gasteiger partial charge on any atom is -0.339 e. The monoisotopic (exact) mass is 233 g/mol. The molecule has 1 heterocycles. The van der Waals surface area contributed by atoms with E-state index in [1.54, 1.807) is 0 Å². The van der Waals surface area contributed by atoms with Crippen LogP contribution in [0.1, 0.15) is 62.2 Å². The Morgan fingerprint density at radius 1 is 1.12 bits per heavy atom. The molecule has 1 aromatic rings. The zero-order chi connectivity index (χ0) is 11.4. The Balaban J connectivity index is 1.51. The van der Waals surface area contributed by atoms with E-state index in [9.17, 15) is 0 Å². The summed E-state index contributed by atoms with van der Waals surface area (Å²) in [7, 11) is 0. The predicted octanol–water partition coefficient (Wildman–Crippen LogP) is 2.38. The molecule has 0 saturated heterocycles. The third kappa shape index (κ3) is 1.61. The fourth-order valence-electron chi connectivity index (χ4n) is 3.54. The van der Waals surface area contributed by atoms with Crippen LogP contribution >= 0.6 is 0 Å². The van der Waals surface area contributed by atoms with Crippen LogP contribution in [0.15, 0.2) is 4.52 Å². The van der Waals surface area contributed by atoms with Gasteiger partial charge in [0.05, 0.1) is 6.04 Å². The molecule has 0 spiro atoms. The zero-order valence-corrected chi connectivity index (χ0v) is 10.0. The second-order valence-electron chi connectivity index (χ2n) is 5.99. The summed E-state index contributed by atoms with van der Waals surface area (Å²) in [4.78, 5) is 4.55. The van der Waals surface area contributed by atoms with Gasteiger partial charge in [-0.3, -0.25) is 0 Å². The molecule has 0 bridgehead atoms. The lowest BCUT2D eigenvalue weighted by molar-refractivity contribution is 0.363. The van der Waals surface area contributed by atoms with Crippen LogP contribution < -0.4 is 5.73 Å². The van der Waals surface area contributed by atoms with Gasteiger partial charge in [0.2, 0.25) is 5.89 Å². The first-order chi connectivity index (χ1) is 8.34. The maximum absolute atomic E-state index is 6.10. The molecule has 3 aliphatic rings. The molecule has 4 nitrogen and oxygen atoms in total. The first-order valence-electron chi connectivity index (χ1n) is 6.93. The Labute approximate surface area is 101 Å². The maximum atomic E-state index is 6.10. The van der Waals surface area contributed by atoms with E-state index in [-0.39, 0.29) is 6.04 Å². The van der Waals surface area contributed by atoms with Crippen LogP contribution in [0.5, 0.6) is 0 Å². The van der Waals surface area contributed by atoms with Crippen LogP contribution in [0.2, 0.25) is 0 Å². The summed E-state index contributed by atoms with van der Waals surface area (Å²) < 4.78 is 5.44. The van der Waals surface area contributed by atoms with E-state index in [1.807, 2.05) is 0 Å². The number of hydrogen-bond donors (Lipinski definition) is 1. The summed E-state index contributed by atoms with van der Waals surface area (Å²) in [5.41, 5.74) is 6.10. The zero-order valence-electron chi connectivity index (χ0n) is 10.0. The molecular formula is C13H19N3O. The van der Waals surface area contributed by atoms with Gasteiger partial charge in [-0.15, -0.1) is 0 Å². The van der Waals surface area contributed by atoms with Crippen LogP contribution in [0.25, 0.3) is 0 Å². The van der Waals surface area contributed by atoms with Crippen molar-refractivity contribution >= 4 is 0 Å². The lowest BCUT2D eigenvalue weighted by atomic mass is 10.0. The van der Waals surface area contributed by atoms with Gasteiger partial charge in [-0.05, 0) is 43.4 Å². The van der Waals surface area contributed by atoms with Crippen LogP contribution in [0, 0.1) is 17.8 Å². The number of nitrogens with two attached hydrogens (primary N) is 1. The van der Waals surface area contributed by atoms with Crippen molar-refractivity contribution in [1.29, 1.82) is 0 Å². The highest BCUT2D eigenvalue weighted by Crippen LogP contribution is 2.60. The van der Waals surface area contributed by atoms with Crippen molar-refractivity contribution in [3.8, 4) is 0 Å². The van der Waals surface area contributed by atoms with E-state index in [2.05, 4.69) is 10.1 Å². The van der Waals surface area contributed by atoms with Gasteiger partial charge >= 0.3 is 0 Å². The van der Waals surface area contributed by atoms with Gasteiger partial charge in [0.1, 0.15) is 0 Å². The molecule has 1 aromatic heterocycles. The number of hydrogen-bond acceptors (Lipinski definition) is 4. The summed E-state index contributed by atoms with van der Waals surface area (Å²) >= 11 is 0. The van der Waals surface area contributed by atoms with E-state index >= 15 is 0 Å². The highest BCUT2D eigenvalue weighted by atomic mass is 16.5. The Hall–Kier alpha value is -0.900. The predicted molar refractivity (Wildman–Crippen MR) is 62.1 cm³/mol. The molecule has 0 aliphatic heterocycles. The smallest absolute Gasteiger partial charge is 0.230 e. The number of rotatable bonds is 3. The normalized spacial score (nSPS) is 37.6. The molecule has 3 unspecified atom stereocenters. The topological polar surface area (TPSA) is 64.9 Å². The second-order valence-corrected chi connectivity index (χ2v) is 5.99. The van der Waals surface area contributed by atoms with Crippen LogP contribution in [0.3, 0.4) is 0 Å². The van der Waals surface area contributed by atoms with Crippen molar-refractivity contribution in [2.24, 2.45) is 23.5 Å². The summed E-state index contributed by atoms with van der Waals surface area (Å²) in [6, 6.07) is 0.00766. The van der Waals surface area contributed by atoms with Crippen molar-refractivity contribution in [3.63, 3.8) is 0 Å². The van der Waals surface area contributed by atoms with Crippen molar-refractivity contribution < 1.29 is 4.52 Å². The third-order valence-corrected chi connectivity index (χ3v) is 4.83. The molecule has 3 atom stereocenters. The molecule has 0 radical (unpaired) electrons. The number of fused-ring (bicyclic) bond motifs is 1. The standard InChI is InChI=1S/C13H19N3O/c14-11(7-5-6-7)12-15-13(17-16-12)10-8-3-1-2-4-9(8)10/h7-11H,1-6,14H2. The molecule has 2 N–H and O–H groups in total. The average Bonchev–Trinajstić information content (AvgIpc) is 3.26. The van der Waals surface area contributed by atoms with E-state index in [4.69, 9.17) is 10.3 Å². The molecule has 3 aliphatic carbocycles. The van der Waals surface area contributed by atoms with Crippen molar-refractivity contribution in [1.82, 2.24) is 10.1 Å². The molecular weight excluding hydrogens is 214 g/mol. The first-order valence-corrected chi connectivity index (χ1v) is 6.93. The number of nitrogens with zero attached hydrogens (tertiary/aromatic N) is 2. The minimum atomic E-state index is 0.00766. The molecule has 0 aromatic carbocycles. The fourth-order valence-corrected chi connectivity index (χ4v) is 3.54. The largest absolute Gasteiger partial charge is 0.339 e. The van der Waals surface area contributed by atoms with Crippen LogP contribution in [-0.2, 0) is 0 Å². The van der Waals surface area contributed by atoms with Gasteiger partial charge in [0.15, 0.2) is 5.82 Å². The van der Waals surface area contributed by atoms with Gasteiger partial charge in [0.25, 0.3) is 0 Å². The maximum Gasteiger partial charge on any atom is 0.230 e. The SMILES string of the molecule is NC(c1noc(C2C3CCCCC32)n1)C1CC1.